The lowest BCUT2D eigenvalue weighted by Gasteiger charge is -2.17. The summed E-state index contributed by atoms with van der Waals surface area (Å²) in [5.41, 5.74) is 1.67. The van der Waals surface area contributed by atoms with Crippen molar-refractivity contribution in [2.75, 3.05) is 7.11 Å². The van der Waals surface area contributed by atoms with E-state index in [0.29, 0.717) is 31.5 Å². The summed E-state index contributed by atoms with van der Waals surface area (Å²) in [5.74, 6) is 1.71. The number of furan rings is 1. The number of hydrogen-bond donors (Lipinski definition) is 0. The van der Waals surface area contributed by atoms with Crippen LogP contribution in [0.15, 0.2) is 63.6 Å². The summed E-state index contributed by atoms with van der Waals surface area (Å²) in [7, 11) is 1.57. The lowest BCUT2D eigenvalue weighted by molar-refractivity contribution is -0.120. The van der Waals surface area contributed by atoms with E-state index in [2.05, 4.69) is 6.08 Å². The summed E-state index contributed by atoms with van der Waals surface area (Å²) in [6.45, 7) is 0. The molecule has 1 saturated heterocycles. The normalized spacial score (nSPS) is 18.1. The molecule has 0 spiro atoms. The van der Waals surface area contributed by atoms with Crippen LogP contribution >= 0.6 is 35.6 Å². The maximum atomic E-state index is 12.8. The molecule has 1 fully saturated rings. The number of allylic oxidation sites excluding steroid dienone is 3. The minimum atomic E-state index is -0.127. The fraction of sp³-hybridized carbons (Fsp3) is 0.143. The Hall–Kier alpha value is -2.28. The first kappa shape index (κ1) is 19.1. The van der Waals surface area contributed by atoms with E-state index in [4.69, 9.17) is 33.0 Å². The Bertz CT molecular complexity index is 1050. The number of amides is 1. The maximum absolute atomic E-state index is 12.8. The number of halogens is 1. The molecule has 142 valence electrons. The van der Waals surface area contributed by atoms with Gasteiger partial charge in [-0.2, -0.15) is 0 Å². The first-order valence-corrected chi connectivity index (χ1v) is 10.3. The summed E-state index contributed by atoms with van der Waals surface area (Å²) in [4.78, 5) is 14.9. The average Bonchev–Trinajstić information content (AvgIpc) is 3.27. The van der Waals surface area contributed by atoms with Gasteiger partial charge in [-0.15, -0.1) is 0 Å². The Balaban J connectivity index is 1.58. The van der Waals surface area contributed by atoms with E-state index in [9.17, 15) is 4.79 Å². The predicted molar refractivity (Wildman–Crippen MR) is 117 cm³/mol. The van der Waals surface area contributed by atoms with Crippen LogP contribution in [0.5, 0.6) is 5.75 Å². The van der Waals surface area contributed by atoms with E-state index in [0.717, 1.165) is 24.1 Å². The van der Waals surface area contributed by atoms with Gasteiger partial charge in [-0.25, -0.2) is 0 Å². The van der Waals surface area contributed by atoms with E-state index in [1.54, 1.807) is 30.2 Å². The molecular weight excluding hydrogens is 414 g/mol. The number of carbonyl (C=O) groups excluding carboxylic acids is 1. The van der Waals surface area contributed by atoms with Crippen molar-refractivity contribution in [2.45, 2.75) is 12.8 Å². The van der Waals surface area contributed by atoms with Crippen LogP contribution in [0.4, 0.5) is 0 Å². The Labute approximate surface area is 177 Å². The fourth-order valence-corrected chi connectivity index (χ4v) is 4.53. The zero-order chi connectivity index (χ0) is 19.7. The summed E-state index contributed by atoms with van der Waals surface area (Å²) < 4.78 is 11.6. The molecule has 0 N–H and O–H groups in total. The molecule has 0 radical (unpaired) electrons. The van der Waals surface area contributed by atoms with Gasteiger partial charge in [0.2, 0.25) is 0 Å². The van der Waals surface area contributed by atoms with E-state index in [1.165, 1.54) is 11.8 Å². The molecule has 4 nitrogen and oxygen atoms in total. The molecule has 0 atom stereocenters. The highest BCUT2D eigenvalue weighted by Crippen LogP contribution is 2.37. The second kappa shape index (κ2) is 7.99. The standard InChI is InChI=1S/C21H16ClNO3S2/c1-25-18-9-7-13(11-16(18)22)17-10-8-15(26-17)12-19-20(24)23(21(27)28-19)14-5-3-2-4-6-14/h3,5-12H,2,4H2,1H3/b19-12-. The van der Waals surface area contributed by atoms with Crippen LogP contribution in [0.1, 0.15) is 18.6 Å². The van der Waals surface area contributed by atoms with Gasteiger partial charge >= 0.3 is 0 Å². The van der Waals surface area contributed by atoms with Crippen molar-refractivity contribution >= 4 is 51.9 Å². The van der Waals surface area contributed by atoms with Crippen molar-refractivity contribution in [3.63, 3.8) is 0 Å². The minimum Gasteiger partial charge on any atom is -0.495 e. The van der Waals surface area contributed by atoms with Gasteiger partial charge < -0.3 is 9.15 Å². The first-order valence-electron chi connectivity index (χ1n) is 8.65. The zero-order valence-corrected chi connectivity index (χ0v) is 17.4. The molecule has 2 aromatic rings. The number of rotatable bonds is 4. The van der Waals surface area contributed by atoms with Gasteiger partial charge in [-0.3, -0.25) is 9.69 Å². The maximum Gasteiger partial charge on any atom is 0.270 e. The van der Waals surface area contributed by atoms with Crippen molar-refractivity contribution in [3.8, 4) is 17.1 Å². The minimum absolute atomic E-state index is 0.127. The van der Waals surface area contributed by atoms with Gasteiger partial charge in [0.1, 0.15) is 17.3 Å². The third-order valence-electron chi connectivity index (χ3n) is 4.36. The number of benzene rings is 1. The number of thiocarbonyl (C=S) groups is 1. The highest BCUT2D eigenvalue weighted by Gasteiger charge is 2.34. The van der Waals surface area contributed by atoms with Crippen molar-refractivity contribution in [2.24, 2.45) is 0 Å². The lowest BCUT2D eigenvalue weighted by atomic mass is 10.1. The van der Waals surface area contributed by atoms with Gasteiger partial charge in [0, 0.05) is 17.3 Å². The van der Waals surface area contributed by atoms with Gasteiger partial charge in [-0.1, -0.05) is 47.7 Å². The molecule has 0 bridgehead atoms. The van der Waals surface area contributed by atoms with Crippen LogP contribution in [-0.2, 0) is 4.79 Å². The molecule has 1 amide bonds. The van der Waals surface area contributed by atoms with Crippen LogP contribution in [0.2, 0.25) is 5.02 Å². The van der Waals surface area contributed by atoms with E-state index in [-0.39, 0.29) is 5.91 Å². The van der Waals surface area contributed by atoms with Crippen LogP contribution in [0, 0.1) is 0 Å². The first-order chi connectivity index (χ1) is 13.6. The Kier molecular flexibility index (Phi) is 5.44. The number of nitrogens with zero attached hydrogens (tertiary/aromatic N) is 1. The van der Waals surface area contributed by atoms with Crippen LogP contribution < -0.4 is 4.74 Å². The van der Waals surface area contributed by atoms with E-state index >= 15 is 0 Å². The van der Waals surface area contributed by atoms with E-state index in [1.807, 2.05) is 30.4 Å². The summed E-state index contributed by atoms with van der Waals surface area (Å²) >= 11 is 12.9. The highest BCUT2D eigenvalue weighted by molar-refractivity contribution is 8.26. The molecule has 2 aliphatic rings. The third kappa shape index (κ3) is 3.68. The van der Waals surface area contributed by atoms with Crippen molar-refractivity contribution in [1.29, 1.82) is 0 Å². The summed E-state index contributed by atoms with van der Waals surface area (Å²) in [5, 5.41) is 0.507. The smallest absolute Gasteiger partial charge is 0.270 e. The van der Waals surface area contributed by atoms with Crippen molar-refractivity contribution in [1.82, 2.24) is 4.90 Å². The van der Waals surface area contributed by atoms with Gasteiger partial charge in [0.05, 0.1) is 17.0 Å². The monoisotopic (exact) mass is 429 g/mol. The number of carbonyl (C=O) groups is 1. The third-order valence-corrected chi connectivity index (χ3v) is 5.96. The SMILES string of the molecule is COc1ccc(-c2ccc(/C=C3\SC(=S)N(C4=CCCC=C4)C3=O)o2)cc1Cl. The van der Waals surface area contributed by atoms with Gasteiger partial charge in [-0.05, 0) is 49.2 Å². The number of methoxy groups -OCH3 is 1. The Morgan fingerprint density at radius 3 is 2.86 bits per heavy atom. The Morgan fingerprint density at radius 2 is 2.14 bits per heavy atom. The molecule has 1 aliphatic carbocycles. The quantitative estimate of drug-likeness (QED) is 0.437. The largest absolute Gasteiger partial charge is 0.495 e. The molecule has 7 heteroatoms. The van der Waals surface area contributed by atoms with Crippen molar-refractivity contribution < 1.29 is 13.9 Å². The van der Waals surface area contributed by atoms with Crippen molar-refractivity contribution in [3.05, 3.63) is 69.9 Å². The molecular formula is C21H16ClNO3S2. The van der Waals surface area contributed by atoms with Crippen LogP contribution in [0.3, 0.4) is 0 Å². The molecule has 0 unspecified atom stereocenters. The molecule has 2 heterocycles. The van der Waals surface area contributed by atoms with Gasteiger partial charge in [0.25, 0.3) is 5.91 Å². The fourth-order valence-electron chi connectivity index (χ4n) is 2.99. The highest BCUT2D eigenvalue weighted by atomic mass is 35.5. The second-order valence-electron chi connectivity index (χ2n) is 6.18. The molecule has 1 aliphatic heterocycles. The molecule has 1 aromatic carbocycles. The average molecular weight is 430 g/mol. The van der Waals surface area contributed by atoms with Gasteiger partial charge in [0.15, 0.2) is 4.32 Å². The molecule has 4 rings (SSSR count). The van der Waals surface area contributed by atoms with Crippen LogP contribution in [0.25, 0.3) is 17.4 Å². The molecule has 28 heavy (non-hydrogen) atoms. The molecule has 0 saturated carbocycles. The Morgan fingerprint density at radius 1 is 1.29 bits per heavy atom. The summed E-state index contributed by atoms with van der Waals surface area (Å²) in [6, 6.07) is 9.10. The topological polar surface area (TPSA) is 42.7 Å². The lowest BCUT2D eigenvalue weighted by Crippen LogP contribution is -2.26. The number of thioether (sulfide) groups is 1. The molecule has 1 aromatic heterocycles. The second-order valence-corrected chi connectivity index (χ2v) is 8.26. The number of hydrogen-bond acceptors (Lipinski definition) is 5. The predicted octanol–water partition coefficient (Wildman–Crippen LogP) is 6.04. The number of ether oxygens (including phenoxy) is 1. The van der Waals surface area contributed by atoms with Crippen LogP contribution in [-0.4, -0.2) is 22.2 Å². The van der Waals surface area contributed by atoms with E-state index < -0.39 is 0 Å². The zero-order valence-electron chi connectivity index (χ0n) is 15.0. The summed E-state index contributed by atoms with van der Waals surface area (Å²) in [6.07, 6.45) is 9.64.